The Labute approximate surface area is 316 Å². The van der Waals surface area contributed by atoms with E-state index in [1.807, 2.05) is 36.4 Å². The summed E-state index contributed by atoms with van der Waals surface area (Å²) in [5, 5.41) is 27.3. The van der Waals surface area contributed by atoms with Gasteiger partial charge < -0.3 is 13.7 Å². The standard InChI is InChI=1S/C50H29N5/c51-30-32-23-26-48-43(27-32)41-17-4-7-21-46(41)54(48)36-24-25-42-40-16-3-8-22-47(40)55(49(42)29-36)50-34(31-52)12-10-18-37(50)33-11-9-13-35(28-33)53-44-19-5-1-14-38(44)39-15-2-6-20-45(39)53/h1-29H. The van der Waals surface area contributed by atoms with Crippen molar-refractivity contribution >= 4 is 65.4 Å². The first-order valence-electron chi connectivity index (χ1n) is 18.3. The molecule has 0 saturated heterocycles. The van der Waals surface area contributed by atoms with Crippen molar-refractivity contribution in [3.05, 3.63) is 187 Å². The minimum absolute atomic E-state index is 0.591. The number of nitriles is 2. The lowest BCUT2D eigenvalue weighted by molar-refractivity contribution is 1.15. The predicted octanol–water partition coefficient (Wildman–Crippen LogP) is 12.4. The largest absolute Gasteiger partial charge is 0.309 e. The third-order valence-electron chi connectivity index (χ3n) is 11.1. The van der Waals surface area contributed by atoms with Crippen molar-refractivity contribution in [2.45, 2.75) is 0 Å². The van der Waals surface area contributed by atoms with Gasteiger partial charge in [-0.05, 0) is 78.4 Å². The topological polar surface area (TPSA) is 62.4 Å². The number of nitrogens with zero attached hydrogens (tertiary/aromatic N) is 5. The summed E-state index contributed by atoms with van der Waals surface area (Å²) in [4.78, 5) is 0. The highest BCUT2D eigenvalue weighted by atomic mass is 15.0. The van der Waals surface area contributed by atoms with Crippen molar-refractivity contribution < 1.29 is 0 Å². The first-order chi connectivity index (χ1) is 27.2. The molecule has 0 aliphatic carbocycles. The maximum Gasteiger partial charge on any atom is 0.101 e. The van der Waals surface area contributed by atoms with Gasteiger partial charge in [-0.25, -0.2) is 0 Å². The predicted molar refractivity (Wildman–Crippen MR) is 224 cm³/mol. The molecular formula is C50H29N5. The van der Waals surface area contributed by atoms with Crippen molar-refractivity contribution in [3.63, 3.8) is 0 Å². The quantitative estimate of drug-likeness (QED) is 0.184. The first-order valence-corrected chi connectivity index (χ1v) is 18.3. The molecule has 0 aliphatic heterocycles. The van der Waals surface area contributed by atoms with Gasteiger partial charge in [-0.2, -0.15) is 10.5 Å². The lowest BCUT2D eigenvalue weighted by atomic mass is 9.99. The fraction of sp³-hybridized carbons (Fsp3) is 0. The lowest BCUT2D eigenvalue weighted by Crippen LogP contribution is -2.02. The van der Waals surface area contributed by atoms with E-state index in [-0.39, 0.29) is 0 Å². The van der Waals surface area contributed by atoms with Crippen LogP contribution < -0.4 is 0 Å². The van der Waals surface area contributed by atoms with Gasteiger partial charge in [0.15, 0.2) is 0 Å². The van der Waals surface area contributed by atoms with E-state index in [0.717, 1.165) is 82.8 Å². The average Bonchev–Trinajstić information content (AvgIpc) is 3.88. The molecule has 0 bridgehead atoms. The number of fused-ring (bicyclic) bond motifs is 9. The SMILES string of the molecule is N#Cc1ccc2c(c1)c1ccccc1n2-c1ccc2c3ccccc3n(-c3c(C#N)cccc3-c3cccc(-n4c5ccccc5c5ccccc54)c3)c2c1. The number of para-hydroxylation sites is 5. The van der Waals surface area contributed by atoms with Crippen molar-refractivity contribution in [3.8, 4) is 40.3 Å². The number of hydrogen-bond acceptors (Lipinski definition) is 2. The Morgan fingerprint density at radius 3 is 1.49 bits per heavy atom. The summed E-state index contributed by atoms with van der Waals surface area (Å²) in [5.41, 5.74) is 12.5. The monoisotopic (exact) mass is 699 g/mol. The highest BCUT2D eigenvalue weighted by Crippen LogP contribution is 2.41. The molecule has 0 spiro atoms. The van der Waals surface area contributed by atoms with Gasteiger partial charge in [-0.3, -0.25) is 0 Å². The molecule has 11 aromatic rings. The summed E-state index contributed by atoms with van der Waals surface area (Å²) in [6, 6.07) is 66.0. The van der Waals surface area contributed by atoms with Crippen LogP contribution in [0, 0.1) is 22.7 Å². The first kappa shape index (κ1) is 30.7. The van der Waals surface area contributed by atoms with Crippen LogP contribution in [0.15, 0.2) is 176 Å². The van der Waals surface area contributed by atoms with Crippen LogP contribution in [0.25, 0.3) is 93.6 Å². The van der Waals surface area contributed by atoms with Crippen LogP contribution in [0.4, 0.5) is 0 Å². The summed E-state index contributed by atoms with van der Waals surface area (Å²) in [7, 11) is 0. The van der Waals surface area contributed by atoms with Crippen LogP contribution in [0.5, 0.6) is 0 Å². The fourth-order valence-corrected chi connectivity index (χ4v) is 8.78. The molecule has 0 atom stereocenters. The fourth-order valence-electron chi connectivity index (χ4n) is 8.78. The molecule has 0 N–H and O–H groups in total. The van der Waals surface area contributed by atoms with Crippen LogP contribution in [0.1, 0.15) is 11.1 Å². The number of rotatable bonds is 4. The Hall–Kier alpha value is -7.86. The maximum atomic E-state index is 10.8. The van der Waals surface area contributed by atoms with Crippen LogP contribution >= 0.6 is 0 Å². The summed E-state index contributed by atoms with van der Waals surface area (Å²) in [6.07, 6.45) is 0. The van der Waals surface area contributed by atoms with Crippen LogP contribution in [-0.4, -0.2) is 13.7 Å². The average molecular weight is 700 g/mol. The highest BCUT2D eigenvalue weighted by molar-refractivity contribution is 6.13. The van der Waals surface area contributed by atoms with E-state index in [2.05, 4.69) is 165 Å². The molecule has 0 amide bonds. The Bertz CT molecular complexity index is 3420. The molecular weight excluding hydrogens is 671 g/mol. The van der Waals surface area contributed by atoms with Gasteiger partial charge in [0, 0.05) is 49.3 Å². The van der Waals surface area contributed by atoms with Gasteiger partial charge in [0.25, 0.3) is 0 Å². The number of aromatic nitrogens is 3. The second kappa shape index (κ2) is 11.8. The Kier molecular flexibility index (Phi) is 6.61. The van der Waals surface area contributed by atoms with Gasteiger partial charge in [-0.15, -0.1) is 0 Å². The third-order valence-corrected chi connectivity index (χ3v) is 11.1. The van der Waals surface area contributed by atoms with E-state index in [1.54, 1.807) is 0 Å². The molecule has 5 nitrogen and oxygen atoms in total. The Balaban J connectivity index is 1.18. The van der Waals surface area contributed by atoms with Crippen LogP contribution in [-0.2, 0) is 0 Å². The van der Waals surface area contributed by atoms with Gasteiger partial charge in [-0.1, -0.05) is 103 Å². The molecule has 8 aromatic carbocycles. The molecule has 0 saturated carbocycles. The van der Waals surface area contributed by atoms with Gasteiger partial charge in [0.05, 0.1) is 56.0 Å². The van der Waals surface area contributed by atoms with Crippen molar-refractivity contribution in [2.75, 3.05) is 0 Å². The van der Waals surface area contributed by atoms with Crippen LogP contribution in [0.3, 0.4) is 0 Å². The molecule has 0 unspecified atom stereocenters. The minimum atomic E-state index is 0.591. The summed E-state index contributed by atoms with van der Waals surface area (Å²) in [5.74, 6) is 0. The highest BCUT2D eigenvalue weighted by Gasteiger charge is 2.21. The molecule has 3 aromatic heterocycles. The lowest BCUT2D eigenvalue weighted by Gasteiger charge is -2.17. The molecule has 55 heavy (non-hydrogen) atoms. The van der Waals surface area contributed by atoms with Crippen LogP contribution in [0.2, 0.25) is 0 Å². The number of hydrogen-bond donors (Lipinski definition) is 0. The minimum Gasteiger partial charge on any atom is -0.309 e. The Morgan fingerprint density at radius 2 is 0.873 bits per heavy atom. The van der Waals surface area contributed by atoms with E-state index >= 15 is 0 Å². The zero-order valence-electron chi connectivity index (χ0n) is 29.5. The molecule has 5 heteroatoms. The molecule has 3 heterocycles. The van der Waals surface area contributed by atoms with Crippen molar-refractivity contribution in [1.82, 2.24) is 13.7 Å². The normalized spacial score (nSPS) is 11.6. The Morgan fingerprint density at radius 1 is 0.345 bits per heavy atom. The maximum absolute atomic E-state index is 10.8. The van der Waals surface area contributed by atoms with E-state index < -0.39 is 0 Å². The van der Waals surface area contributed by atoms with Crippen molar-refractivity contribution in [1.29, 1.82) is 10.5 Å². The molecule has 0 aliphatic rings. The van der Waals surface area contributed by atoms with E-state index in [9.17, 15) is 10.5 Å². The summed E-state index contributed by atoms with van der Waals surface area (Å²) < 4.78 is 6.89. The smallest absolute Gasteiger partial charge is 0.101 e. The zero-order chi connectivity index (χ0) is 36.6. The van der Waals surface area contributed by atoms with Gasteiger partial charge in [0.1, 0.15) is 6.07 Å². The van der Waals surface area contributed by atoms with Gasteiger partial charge in [0.2, 0.25) is 0 Å². The number of benzene rings is 8. The van der Waals surface area contributed by atoms with E-state index in [4.69, 9.17) is 0 Å². The summed E-state index contributed by atoms with van der Waals surface area (Å²) >= 11 is 0. The second-order valence-corrected chi connectivity index (χ2v) is 14.0. The summed E-state index contributed by atoms with van der Waals surface area (Å²) in [6.45, 7) is 0. The van der Waals surface area contributed by atoms with E-state index in [1.165, 1.54) is 10.8 Å². The van der Waals surface area contributed by atoms with Crippen molar-refractivity contribution in [2.24, 2.45) is 0 Å². The second-order valence-electron chi connectivity index (χ2n) is 14.0. The molecule has 0 radical (unpaired) electrons. The van der Waals surface area contributed by atoms with Gasteiger partial charge >= 0.3 is 0 Å². The molecule has 11 rings (SSSR count). The molecule has 0 fully saturated rings. The zero-order valence-corrected chi connectivity index (χ0v) is 29.5. The van der Waals surface area contributed by atoms with E-state index in [0.29, 0.717) is 11.1 Å². The third kappa shape index (κ3) is 4.45. The molecule has 254 valence electrons.